The molecule has 0 fully saturated rings. The van der Waals surface area contributed by atoms with Crippen molar-refractivity contribution >= 4 is 5.78 Å². The van der Waals surface area contributed by atoms with E-state index >= 15 is 0 Å². The van der Waals surface area contributed by atoms with Gasteiger partial charge in [0, 0.05) is 11.0 Å². The molecule has 0 unspecified atom stereocenters. The molecule has 0 aliphatic carbocycles. The molecule has 7 heteroatoms. The van der Waals surface area contributed by atoms with Crippen LogP contribution >= 0.6 is 0 Å². The van der Waals surface area contributed by atoms with Gasteiger partial charge in [-0.1, -0.05) is 66.7 Å². The van der Waals surface area contributed by atoms with E-state index in [1.807, 2.05) is 36.4 Å². The van der Waals surface area contributed by atoms with Crippen LogP contribution in [0, 0.1) is 0 Å². The van der Waals surface area contributed by atoms with Gasteiger partial charge < -0.3 is 30.6 Å². The quantitative estimate of drug-likeness (QED) is 0.0894. The number of carbonyl (C=O) groups excluding carboxylic acids is 1. The van der Waals surface area contributed by atoms with Gasteiger partial charge in [0.15, 0.2) is 17.3 Å². The molecule has 0 bridgehead atoms. The number of hydrogen-bond acceptors (Lipinski definition) is 7. The van der Waals surface area contributed by atoms with Crippen molar-refractivity contribution in [2.75, 3.05) is 0 Å². The molecule has 7 nitrogen and oxygen atoms in total. The molecule has 5 aromatic carbocycles. The molecule has 6 N–H and O–H groups in total. The lowest BCUT2D eigenvalue weighted by Crippen LogP contribution is -2.25. The maximum absolute atomic E-state index is 12.0. The third-order valence-corrected chi connectivity index (χ3v) is 6.74. The van der Waals surface area contributed by atoms with Crippen LogP contribution < -0.4 is 0 Å². The minimum Gasteiger partial charge on any atom is -0.508 e. The summed E-state index contributed by atoms with van der Waals surface area (Å²) >= 11 is 0. The minimum atomic E-state index is -0.688. The summed E-state index contributed by atoms with van der Waals surface area (Å²) < 4.78 is 0. The molecule has 0 saturated heterocycles. The zero-order valence-electron chi connectivity index (χ0n) is 21.6. The standard InChI is InChI=1S/C20H18O3.C13H10O4/c1-20(14-2-8-17(21)9-3-14,15-4-10-18(22)11-5-15)16-6-12-19(23)13-7-16;14-10-7-6-9(12(16)13(10)17)11(15)8-4-2-1-3-5-8/h2-13,21-23H,1H3;1-7,14,16-17H. The molecule has 40 heavy (non-hydrogen) atoms. The second-order valence-corrected chi connectivity index (χ2v) is 9.29. The number of carbonyl (C=O) groups is 1. The Morgan fingerprint density at radius 3 is 1.30 bits per heavy atom. The van der Waals surface area contributed by atoms with Crippen LogP contribution in [0.25, 0.3) is 0 Å². The third kappa shape index (κ3) is 5.68. The lowest BCUT2D eigenvalue weighted by molar-refractivity contribution is 0.103. The van der Waals surface area contributed by atoms with Crippen molar-refractivity contribution in [3.63, 3.8) is 0 Å². The summed E-state index contributed by atoms with van der Waals surface area (Å²) in [5.74, 6) is -1.54. The summed E-state index contributed by atoms with van der Waals surface area (Å²) in [6, 6.07) is 32.1. The lowest BCUT2D eigenvalue weighted by atomic mass is 9.71. The molecule has 0 aliphatic heterocycles. The van der Waals surface area contributed by atoms with Crippen molar-refractivity contribution in [3.8, 4) is 34.5 Å². The Hall–Kier alpha value is -5.43. The summed E-state index contributed by atoms with van der Waals surface area (Å²) in [7, 11) is 0. The highest BCUT2D eigenvalue weighted by Crippen LogP contribution is 2.40. The summed E-state index contributed by atoms with van der Waals surface area (Å²) in [6.45, 7) is 2.08. The molecular weight excluding hydrogens is 508 g/mol. The van der Waals surface area contributed by atoms with Crippen LogP contribution in [0.4, 0.5) is 0 Å². The normalized spacial score (nSPS) is 10.8. The summed E-state index contributed by atoms with van der Waals surface area (Å²) in [4.78, 5) is 12.0. The van der Waals surface area contributed by atoms with Gasteiger partial charge in [0.05, 0.1) is 5.56 Å². The van der Waals surface area contributed by atoms with E-state index in [1.54, 1.807) is 66.7 Å². The van der Waals surface area contributed by atoms with Crippen molar-refractivity contribution in [1.82, 2.24) is 0 Å². The van der Waals surface area contributed by atoms with E-state index in [2.05, 4.69) is 6.92 Å². The van der Waals surface area contributed by atoms with E-state index in [4.69, 9.17) is 5.11 Å². The van der Waals surface area contributed by atoms with Crippen LogP contribution in [0.5, 0.6) is 34.5 Å². The Bertz CT molecular complexity index is 1480. The number of phenols is 6. The largest absolute Gasteiger partial charge is 0.508 e. The van der Waals surface area contributed by atoms with Crippen molar-refractivity contribution in [2.45, 2.75) is 12.3 Å². The molecule has 0 aromatic heterocycles. The SMILES string of the molecule is CC(c1ccc(O)cc1)(c1ccc(O)cc1)c1ccc(O)cc1.O=C(c1ccccc1)c1ccc(O)c(O)c1O. The fourth-order valence-electron chi connectivity index (χ4n) is 4.38. The number of aromatic hydroxyl groups is 6. The number of phenolic OH excluding ortho intramolecular Hbond substituents is 6. The average molecular weight is 537 g/mol. The van der Waals surface area contributed by atoms with E-state index < -0.39 is 28.4 Å². The topological polar surface area (TPSA) is 138 Å². The van der Waals surface area contributed by atoms with E-state index in [0.29, 0.717) is 5.56 Å². The van der Waals surface area contributed by atoms with Gasteiger partial charge >= 0.3 is 0 Å². The van der Waals surface area contributed by atoms with E-state index in [-0.39, 0.29) is 22.8 Å². The highest BCUT2D eigenvalue weighted by molar-refractivity contribution is 6.11. The smallest absolute Gasteiger partial charge is 0.201 e. The van der Waals surface area contributed by atoms with Crippen LogP contribution in [-0.4, -0.2) is 36.4 Å². The first-order valence-corrected chi connectivity index (χ1v) is 12.3. The molecule has 5 rings (SSSR count). The summed E-state index contributed by atoms with van der Waals surface area (Å²) in [6.07, 6.45) is 0. The molecule has 0 aliphatic rings. The number of benzene rings is 5. The van der Waals surface area contributed by atoms with Gasteiger partial charge in [-0.25, -0.2) is 0 Å². The fourth-order valence-corrected chi connectivity index (χ4v) is 4.38. The van der Waals surface area contributed by atoms with E-state index in [0.717, 1.165) is 22.8 Å². The minimum absolute atomic E-state index is 0.0495. The van der Waals surface area contributed by atoms with Crippen LogP contribution in [0.2, 0.25) is 0 Å². The molecule has 5 aromatic rings. The Labute approximate surface area is 231 Å². The first kappa shape index (κ1) is 27.6. The van der Waals surface area contributed by atoms with Crippen LogP contribution in [-0.2, 0) is 5.41 Å². The molecule has 0 atom stereocenters. The van der Waals surface area contributed by atoms with Gasteiger partial charge in [0.25, 0.3) is 0 Å². The molecule has 202 valence electrons. The first-order valence-electron chi connectivity index (χ1n) is 12.3. The highest BCUT2D eigenvalue weighted by atomic mass is 16.3. The van der Waals surface area contributed by atoms with Crippen molar-refractivity contribution in [1.29, 1.82) is 0 Å². The summed E-state index contributed by atoms with van der Waals surface area (Å²) in [5.41, 5.74) is 2.89. The predicted molar refractivity (Wildman–Crippen MR) is 151 cm³/mol. The Kier molecular flexibility index (Phi) is 7.96. The van der Waals surface area contributed by atoms with Gasteiger partial charge in [-0.05, 0) is 72.1 Å². The third-order valence-electron chi connectivity index (χ3n) is 6.74. The first-order chi connectivity index (χ1) is 19.1. The monoisotopic (exact) mass is 536 g/mol. The number of rotatable bonds is 5. The van der Waals surface area contributed by atoms with Crippen LogP contribution in [0.15, 0.2) is 115 Å². The molecular formula is C33H28O7. The second kappa shape index (κ2) is 11.5. The van der Waals surface area contributed by atoms with Gasteiger partial charge in [0.1, 0.15) is 17.2 Å². The van der Waals surface area contributed by atoms with E-state index in [1.165, 1.54) is 6.07 Å². The maximum Gasteiger partial charge on any atom is 0.201 e. The molecule has 0 heterocycles. The molecule has 0 radical (unpaired) electrons. The summed E-state index contributed by atoms with van der Waals surface area (Å²) in [5, 5.41) is 56.8. The predicted octanol–water partition coefficient (Wildman–Crippen LogP) is 6.19. The Balaban J connectivity index is 0.000000194. The van der Waals surface area contributed by atoms with Gasteiger partial charge in [-0.15, -0.1) is 0 Å². The molecule has 0 saturated carbocycles. The van der Waals surface area contributed by atoms with Gasteiger partial charge in [-0.3, -0.25) is 4.79 Å². The second-order valence-electron chi connectivity index (χ2n) is 9.29. The van der Waals surface area contributed by atoms with E-state index in [9.17, 15) is 30.3 Å². The zero-order valence-corrected chi connectivity index (χ0v) is 21.6. The Morgan fingerprint density at radius 1 is 0.500 bits per heavy atom. The van der Waals surface area contributed by atoms with Crippen LogP contribution in [0.1, 0.15) is 39.5 Å². The molecule has 0 spiro atoms. The van der Waals surface area contributed by atoms with Crippen LogP contribution in [0.3, 0.4) is 0 Å². The van der Waals surface area contributed by atoms with Gasteiger partial charge in [-0.2, -0.15) is 0 Å². The lowest BCUT2D eigenvalue weighted by Gasteiger charge is -2.32. The van der Waals surface area contributed by atoms with Crippen molar-refractivity contribution in [3.05, 3.63) is 143 Å². The zero-order chi connectivity index (χ0) is 28.9. The average Bonchev–Trinajstić information content (AvgIpc) is 2.97. The number of hydrogen-bond donors (Lipinski definition) is 6. The maximum atomic E-state index is 12.0. The van der Waals surface area contributed by atoms with Crippen molar-refractivity contribution in [2.24, 2.45) is 0 Å². The van der Waals surface area contributed by atoms with Gasteiger partial charge in [0.2, 0.25) is 5.75 Å². The van der Waals surface area contributed by atoms with Crippen molar-refractivity contribution < 1.29 is 35.4 Å². The fraction of sp³-hybridized carbons (Fsp3) is 0.0606. The Morgan fingerprint density at radius 2 is 0.900 bits per heavy atom. The number of ketones is 1. The highest BCUT2D eigenvalue weighted by Gasteiger charge is 2.31. The molecule has 0 amide bonds.